The number of nitro groups is 1. The maximum atomic E-state index is 14.5. The molecule has 2 rings (SSSR count). The minimum atomic E-state index is -4.04. The van der Waals surface area contributed by atoms with E-state index in [1.165, 1.54) is 6.07 Å². The first-order valence-electron chi connectivity index (χ1n) is 6.66. The van der Waals surface area contributed by atoms with Gasteiger partial charge in [0.25, 0.3) is 5.69 Å². The Balaban J connectivity index is 2.21. The van der Waals surface area contributed by atoms with Crippen LogP contribution in [0, 0.1) is 10.1 Å². The van der Waals surface area contributed by atoms with Gasteiger partial charge in [0.15, 0.2) is 0 Å². The Morgan fingerprint density at radius 1 is 1.41 bits per heavy atom. The van der Waals surface area contributed by atoms with Gasteiger partial charge in [-0.15, -0.1) is 0 Å². The van der Waals surface area contributed by atoms with E-state index in [0.29, 0.717) is 25.9 Å². The van der Waals surface area contributed by atoms with Gasteiger partial charge in [-0.05, 0) is 38.1 Å². The van der Waals surface area contributed by atoms with Crippen LogP contribution in [0.25, 0.3) is 0 Å². The molecule has 122 valence electrons. The Morgan fingerprint density at radius 2 is 2.05 bits per heavy atom. The van der Waals surface area contributed by atoms with Crippen molar-refractivity contribution in [3.05, 3.63) is 28.3 Å². The number of hydrogen-bond acceptors (Lipinski definition) is 6. The standard InChI is InChI=1S/C12H17FN4O4S/c13-12(3-5-15-6-4-12)8-16-10-2-1-9(22(14,20)21)7-11(10)17(18)19/h1-2,7,15-16H,3-6,8H2,(H2,14,20,21). The normalized spacial score (nSPS) is 17.9. The van der Waals surface area contributed by atoms with Crippen LogP contribution in [0.15, 0.2) is 23.1 Å². The molecular weight excluding hydrogens is 315 g/mol. The van der Waals surface area contributed by atoms with Gasteiger partial charge in [-0.1, -0.05) is 0 Å². The molecule has 1 saturated heterocycles. The number of hydrogen-bond donors (Lipinski definition) is 3. The third-order valence-corrected chi connectivity index (χ3v) is 4.50. The quantitative estimate of drug-likeness (QED) is 0.539. The van der Waals surface area contributed by atoms with E-state index in [2.05, 4.69) is 10.6 Å². The molecule has 1 fully saturated rings. The van der Waals surface area contributed by atoms with Gasteiger partial charge in [-0.2, -0.15) is 0 Å². The van der Waals surface area contributed by atoms with Gasteiger partial charge in [0.05, 0.1) is 9.82 Å². The maximum Gasteiger partial charge on any atom is 0.293 e. The van der Waals surface area contributed by atoms with Crippen LogP contribution < -0.4 is 15.8 Å². The highest BCUT2D eigenvalue weighted by molar-refractivity contribution is 7.89. The van der Waals surface area contributed by atoms with E-state index in [4.69, 9.17) is 5.14 Å². The van der Waals surface area contributed by atoms with E-state index >= 15 is 0 Å². The van der Waals surface area contributed by atoms with Gasteiger partial charge in [0.2, 0.25) is 10.0 Å². The molecule has 0 aliphatic carbocycles. The molecule has 0 unspecified atom stereocenters. The summed E-state index contributed by atoms with van der Waals surface area (Å²) in [6.07, 6.45) is 0.617. The lowest BCUT2D eigenvalue weighted by molar-refractivity contribution is -0.384. The molecule has 22 heavy (non-hydrogen) atoms. The SMILES string of the molecule is NS(=O)(=O)c1ccc(NCC2(F)CCNCC2)c([N+](=O)[O-])c1. The van der Waals surface area contributed by atoms with Crippen molar-refractivity contribution in [2.24, 2.45) is 5.14 Å². The number of piperidine rings is 1. The summed E-state index contributed by atoms with van der Waals surface area (Å²) in [5.41, 5.74) is -1.84. The third-order valence-electron chi connectivity index (χ3n) is 3.59. The Hall–Kier alpha value is -1.78. The molecule has 0 radical (unpaired) electrons. The molecule has 1 aliphatic rings. The summed E-state index contributed by atoms with van der Waals surface area (Å²) < 4.78 is 37.0. The molecule has 0 saturated carbocycles. The molecule has 0 aromatic heterocycles. The number of nitrogens with one attached hydrogen (secondary N) is 2. The molecule has 1 heterocycles. The number of alkyl halides is 1. The number of halogens is 1. The van der Waals surface area contributed by atoms with Crippen LogP contribution in [-0.2, 0) is 10.0 Å². The Labute approximate surface area is 127 Å². The molecule has 10 heteroatoms. The van der Waals surface area contributed by atoms with Crippen molar-refractivity contribution in [1.29, 1.82) is 0 Å². The van der Waals surface area contributed by atoms with Crippen molar-refractivity contribution in [1.82, 2.24) is 5.32 Å². The van der Waals surface area contributed by atoms with Crippen LogP contribution in [0.4, 0.5) is 15.8 Å². The van der Waals surface area contributed by atoms with Crippen molar-refractivity contribution in [2.75, 3.05) is 25.0 Å². The summed E-state index contributed by atoms with van der Waals surface area (Å²) in [6.45, 7) is 1.01. The van der Waals surface area contributed by atoms with Gasteiger partial charge in [-0.3, -0.25) is 10.1 Å². The number of rotatable bonds is 5. The number of sulfonamides is 1. The Kier molecular flexibility index (Phi) is 4.63. The Bertz CT molecular complexity index is 674. The number of nitrogens with zero attached hydrogens (tertiary/aromatic N) is 1. The van der Waals surface area contributed by atoms with Crippen molar-refractivity contribution in [2.45, 2.75) is 23.4 Å². The minimum absolute atomic E-state index is 0.0629. The van der Waals surface area contributed by atoms with Gasteiger partial charge in [0.1, 0.15) is 11.4 Å². The van der Waals surface area contributed by atoms with Crippen LogP contribution in [0.2, 0.25) is 0 Å². The predicted octanol–water partition coefficient (Wildman–Crippen LogP) is 0.746. The van der Waals surface area contributed by atoms with Crippen molar-refractivity contribution < 1.29 is 17.7 Å². The zero-order valence-electron chi connectivity index (χ0n) is 11.7. The fraction of sp³-hybridized carbons (Fsp3) is 0.500. The topological polar surface area (TPSA) is 127 Å². The molecule has 8 nitrogen and oxygen atoms in total. The lowest BCUT2D eigenvalue weighted by Gasteiger charge is -2.30. The van der Waals surface area contributed by atoms with Gasteiger partial charge in [-0.25, -0.2) is 17.9 Å². The average Bonchev–Trinajstić information content (AvgIpc) is 2.44. The minimum Gasteiger partial charge on any atom is -0.376 e. The Morgan fingerprint density at radius 3 is 2.59 bits per heavy atom. The molecule has 1 aliphatic heterocycles. The molecule has 1 aromatic carbocycles. The summed E-state index contributed by atoms with van der Waals surface area (Å²) in [7, 11) is -4.04. The first-order valence-corrected chi connectivity index (χ1v) is 8.21. The first kappa shape index (κ1) is 16.6. The number of benzene rings is 1. The van der Waals surface area contributed by atoms with Crippen molar-refractivity contribution in [3.63, 3.8) is 0 Å². The molecule has 1 aromatic rings. The van der Waals surface area contributed by atoms with Crippen LogP contribution >= 0.6 is 0 Å². The summed E-state index contributed by atoms with van der Waals surface area (Å²) >= 11 is 0. The molecular formula is C12H17FN4O4S. The second kappa shape index (κ2) is 6.15. The van der Waals surface area contributed by atoms with Gasteiger partial charge < -0.3 is 10.6 Å². The fourth-order valence-electron chi connectivity index (χ4n) is 2.29. The summed E-state index contributed by atoms with van der Waals surface area (Å²) in [6, 6.07) is 3.24. The van der Waals surface area contributed by atoms with E-state index in [-0.39, 0.29) is 17.1 Å². The molecule has 4 N–H and O–H groups in total. The van der Waals surface area contributed by atoms with E-state index < -0.39 is 26.3 Å². The molecule has 0 amide bonds. The third kappa shape index (κ3) is 3.90. The predicted molar refractivity (Wildman–Crippen MR) is 78.9 cm³/mol. The zero-order chi connectivity index (χ0) is 16.4. The molecule has 0 spiro atoms. The maximum absolute atomic E-state index is 14.5. The summed E-state index contributed by atoms with van der Waals surface area (Å²) in [4.78, 5) is 9.97. The lowest BCUT2D eigenvalue weighted by Crippen LogP contribution is -2.43. The highest BCUT2D eigenvalue weighted by Gasteiger charge is 2.32. The van der Waals surface area contributed by atoms with Crippen molar-refractivity contribution >= 4 is 21.4 Å². The van der Waals surface area contributed by atoms with Gasteiger partial charge in [0, 0.05) is 12.6 Å². The summed E-state index contributed by atoms with van der Waals surface area (Å²) in [5.74, 6) is 0. The van der Waals surface area contributed by atoms with Crippen LogP contribution in [-0.4, -0.2) is 38.6 Å². The van der Waals surface area contributed by atoms with Crippen LogP contribution in [0.1, 0.15) is 12.8 Å². The van der Waals surface area contributed by atoms with E-state index in [1.54, 1.807) is 0 Å². The van der Waals surface area contributed by atoms with Crippen LogP contribution in [0.3, 0.4) is 0 Å². The largest absolute Gasteiger partial charge is 0.376 e. The number of primary sulfonamides is 1. The molecule has 0 bridgehead atoms. The number of anilines is 1. The smallest absolute Gasteiger partial charge is 0.293 e. The summed E-state index contributed by atoms with van der Waals surface area (Å²) in [5, 5.41) is 21.7. The van der Waals surface area contributed by atoms with E-state index in [9.17, 15) is 22.9 Å². The van der Waals surface area contributed by atoms with Crippen LogP contribution in [0.5, 0.6) is 0 Å². The number of nitro benzene ring substituents is 1. The van der Waals surface area contributed by atoms with E-state index in [1.807, 2.05) is 0 Å². The molecule has 0 atom stereocenters. The average molecular weight is 332 g/mol. The van der Waals surface area contributed by atoms with Gasteiger partial charge >= 0.3 is 0 Å². The monoisotopic (exact) mass is 332 g/mol. The number of nitrogens with two attached hydrogens (primary N) is 1. The highest BCUT2D eigenvalue weighted by Crippen LogP contribution is 2.29. The van der Waals surface area contributed by atoms with Crippen molar-refractivity contribution in [3.8, 4) is 0 Å². The fourth-order valence-corrected chi connectivity index (χ4v) is 2.83. The zero-order valence-corrected chi connectivity index (χ0v) is 12.5. The lowest BCUT2D eigenvalue weighted by atomic mass is 9.94. The van der Waals surface area contributed by atoms with E-state index in [0.717, 1.165) is 12.1 Å². The highest BCUT2D eigenvalue weighted by atomic mass is 32.2. The first-order chi connectivity index (χ1) is 10.2. The second-order valence-corrected chi connectivity index (χ2v) is 6.80. The second-order valence-electron chi connectivity index (χ2n) is 5.24.